The highest BCUT2D eigenvalue weighted by Gasteiger charge is 2.14. The van der Waals surface area contributed by atoms with Gasteiger partial charge < -0.3 is 5.11 Å². The zero-order valence-electron chi connectivity index (χ0n) is 9.85. The second kappa shape index (κ2) is 5.69. The van der Waals surface area contributed by atoms with E-state index in [2.05, 4.69) is 10.1 Å². The first-order chi connectivity index (χ1) is 8.56. The van der Waals surface area contributed by atoms with E-state index in [0.717, 1.165) is 12.0 Å². The Morgan fingerprint density at radius 1 is 1.39 bits per heavy atom. The normalized spacial score (nSPS) is 12.7. The van der Waals surface area contributed by atoms with Crippen molar-refractivity contribution in [2.45, 2.75) is 18.9 Å². The second-order valence-corrected chi connectivity index (χ2v) is 4.94. The van der Waals surface area contributed by atoms with E-state index in [1.165, 1.54) is 6.20 Å². The van der Waals surface area contributed by atoms with Crippen molar-refractivity contribution in [3.63, 3.8) is 0 Å². The van der Waals surface area contributed by atoms with Crippen LogP contribution in [0.3, 0.4) is 0 Å². The molecule has 2 heterocycles. The molecule has 2 aromatic heterocycles. The lowest BCUT2D eigenvalue weighted by Crippen LogP contribution is -2.03. The van der Waals surface area contributed by atoms with Crippen molar-refractivity contribution in [3.05, 3.63) is 46.0 Å². The van der Waals surface area contributed by atoms with Crippen LogP contribution in [0.1, 0.15) is 23.8 Å². The number of pyridine rings is 1. The molecular weight excluding hydrogens is 273 g/mol. The van der Waals surface area contributed by atoms with Gasteiger partial charge in [0, 0.05) is 19.4 Å². The molecule has 0 saturated heterocycles. The molecule has 1 N–H and O–H groups in total. The Morgan fingerprint density at radius 3 is 2.78 bits per heavy atom. The lowest BCUT2D eigenvalue weighted by Gasteiger charge is -2.11. The van der Waals surface area contributed by atoms with E-state index in [-0.39, 0.29) is 0 Å². The fraction of sp³-hybridized carbons (Fsp3) is 0.333. The van der Waals surface area contributed by atoms with Crippen molar-refractivity contribution in [3.8, 4) is 0 Å². The summed E-state index contributed by atoms with van der Waals surface area (Å²) in [4.78, 5) is 4.06. The minimum Gasteiger partial charge on any atom is -0.387 e. The predicted molar refractivity (Wildman–Crippen MR) is 70.7 cm³/mol. The third-order valence-corrected chi connectivity index (χ3v) is 3.13. The first kappa shape index (κ1) is 13.3. The Bertz CT molecular complexity index is 542. The molecule has 96 valence electrons. The average molecular weight is 286 g/mol. The van der Waals surface area contributed by atoms with Crippen LogP contribution in [0.5, 0.6) is 0 Å². The van der Waals surface area contributed by atoms with Gasteiger partial charge in [-0.2, -0.15) is 5.10 Å². The molecule has 0 bridgehead atoms. The van der Waals surface area contributed by atoms with Crippen LogP contribution >= 0.6 is 23.2 Å². The van der Waals surface area contributed by atoms with E-state index in [1.807, 2.05) is 13.2 Å². The number of aliphatic hydroxyl groups excluding tert-OH is 1. The Morgan fingerprint density at radius 2 is 2.17 bits per heavy atom. The molecule has 0 aliphatic rings. The van der Waals surface area contributed by atoms with Crippen LogP contribution in [-0.4, -0.2) is 19.9 Å². The van der Waals surface area contributed by atoms with Gasteiger partial charge in [0.15, 0.2) is 0 Å². The van der Waals surface area contributed by atoms with Crippen molar-refractivity contribution in [2.75, 3.05) is 0 Å². The molecule has 2 aromatic rings. The summed E-state index contributed by atoms with van der Waals surface area (Å²) in [5.74, 6) is 0. The molecule has 4 nitrogen and oxygen atoms in total. The summed E-state index contributed by atoms with van der Waals surface area (Å²) in [6.07, 6.45) is 5.74. The fourth-order valence-corrected chi connectivity index (χ4v) is 2.22. The van der Waals surface area contributed by atoms with E-state index >= 15 is 0 Å². The number of nitrogens with zero attached hydrogens (tertiary/aromatic N) is 3. The van der Waals surface area contributed by atoms with Crippen molar-refractivity contribution in [1.82, 2.24) is 14.8 Å². The minimum absolute atomic E-state index is 0.390. The van der Waals surface area contributed by atoms with Crippen LogP contribution < -0.4 is 0 Å². The van der Waals surface area contributed by atoms with Crippen molar-refractivity contribution in [2.24, 2.45) is 7.05 Å². The zero-order chi connectivity index (χ0) is 13.1. The lowest BCUT2D eigenvalue weighted by molar-refractivity contribution is 0.163. The molecule has 2 rings (SSSR count). The third-order valence-electron chi connectivity index (χ3n) is 2.62. The quantitative estimate of drug-likeness (QED) is 0.940. The summed E-state index contributed by atoms with van der Waals surface area (Å²) in [6, 6.07) is 1.58. The van der Waals surface area contributed by atoms with Gasteiger partial charge in [-0.15, -0.1) is 0 Å². The van der Waals surface area contributed by atoms with E-state index < -0.39 is 6.10 Å². The van der Waals surface area contributed by atoms with Gasteiger partial charge in [0.05, 0.1) is 28.0 Å². The average Bonchev–Trinajstić information content (AvgIpc) is 2.72. The summed E-state index contributed by atoms with van der Waals surface area (Å²) in [6.45, 7) is 0. The van der Waals surface area contributed by atoms with E-state index in [1.54, 1.807) is 16.9 Å². The molecule has 0 radical (unpaired) electrons. The standard InChI is InChI=1S/C12H13Cl2N3O/c1-17-7-8(5-16-17)2-3-11(18)12-10(14)4-9(13)6-15-12/h4-7,11,18H,2-3H2,1H3. The van der Waals surface area contributed by atoms with Crippen LogP contribution in [0.15, 0.2) is 24.7 Å². The molecule has 0 saturated carbocycles. The molecule has 18 heavy (non-hydrogen) atoms. The van der Waals surface area contributed by atoms with Crippen LogP contribution in [0.4, 0.5) is 0 Å². The second-order valence-electron chi connectivity index (χ2n) is 4.10. The van der Waals surface area contributed by atoms with Gasteiger partial charge in [-0.25, -0.2) is 0 Å². The molecular formula is C12H13Cl2N3O. The topological polar surface area (TPSA) is 50.9 Å². The fourth-order valence-electron chi connectivity index (χ4n) is 1.71. The van der Waals surface area contributed by atoms with Crippen molar-refractivity contribution in [1.29, 1.82) is 0 Å². The van der Waals surface area contributed by atoms with Crippen molar-refractivity contribution < 1.29 is 5.11 Å². The molecule has 1 atom stereocenters. The number of aliphatic hydroxyl groups is 1. The summed E-state index contributed by atoms with van der Waals surface area (Å²) in [5, 5.41) is 15.0. The van der Waals surface area contributed by atoms with Gasteiger partial charge in [0.25, 0.3) is 0 Å². The van der Waals surface area contributed by atoms with Gasteiger partial charge in [-0.3, -0.25) is 9.67 Å². The molecule has 6 heteroatoms. The van der Waals surface area contributed by atoms with Gasteiger partial charge in [-0.1, -0.05) is 23.2 Å². The van der Waals surface area contributed by atoms with E-state index in [4.69, 9.17) is 23.2 Å². The highest BCUT2D eigenvalue weighted by Crippen LogP contribution is 2.26. The number of aromatic nitrogens is 3. The number of rotatable bonds is 4. The zero-order valence-corrected chi connectivity index (χ0v) is 11.4. The van der Waals surface area contributed by atoms with Crippen LogP contribution in [0, 0.1) is 0 Å². The van der Waals surface area contributed by atoms with E-state index in [9.17, 15) is 5.11 Å². The Kier molecular flexibility index (Phi) is 4.22. The number of aryl methyl sites for hydroxylation is 2. The monoisotopic (exact) mass is 285 g/mol. The molecule has 0 amide bonds. The van der Waals surface area contributed by atoms with Crippen LogP contribution in [0.25, 0.3) is 0 Å². The summed E-state index contributed by atoms with van der Waals surface area (Å²) < 4.78 is 1.73. The number of halogens is 2. The molecule has 1 unspecified atom stereocenters. The maximum Gasteiger partial charge on any atom is 0.0978 e. The maximum absolute atomic E-state index is 10.0. The van der Waals surface area contributed by atoms with Gasteiger partial charge in [0.2, 0.25) is 0 Å². The molecule has 0 aromatic carbocycles. The molecule has 0 aliphatic heterocycles. The largest absolute Gasteiger partial charge is 0.387 e. The highest BCUT2D eigenvalue weighted by molar-refractivity contribution is 6.34. The maximum atomic E-state index is 10.0. The van der Waals surface area contributed by atoms with Gasteiger partial charge in [0.1, 0.15) is 0 Å². The Balaban J connectivity index is 2.01. The van der Waals surface area contributed by atoms with Crippen LogP contribution in [0.2, 0.25) is 10.0 Å². The minimum atomic E-state index is -0.699. The summed E-state index contributed by atoms with van der Waals surface area (Å²) >= 11 is 11.7. The predicted octanol–water partition coefficient (Wildman–Crippen LogP) is 2.79. The number of hydrogen-bond donors (Lipinski definition) is 1. The summed E-state index contributed by atoms with van der Waals surface area (Å²) in [7, 11) is 1.86. The lowest BCUT2D eigenvalue weighted by atomic mass is 10.1. The highest BCUT2D eigenvalue weighted by atomic mass is 35.5. The molecule has 0 fully saturated rings. The molecule has 0 spiro atoms. The van der Waals surface area contributed by atoms with Gasteiger partial charge >= 0.3 is 0 Å². The first-order valence-corrected chi connectivity index (χ1v) is 6.28. The smallest absolute Gasteiger partial charge is 0.0978 e. The summed E-state index contributed by atoms with van der Waals surface area (Å²) in [5.41, 5.74) is 1.53. The Labute approximate surface area is 115 Å². The Hall–Kier alpha value is -1.10. The first-order valence-electron chi connectivity index (χ1n) is 5.53. The number of hydrogen-bond acceptors (Lipinski definition) is 3. The van der Waals surface area contributed by atoms with Gasteiger partial charge in [-0.05, 0) is 24.5 Å². The third kappa shape index (κ3) is 3.22. The SMILES string of the molecule is Cn1cc(CCC(O)c2ncc(Cl)cc2Cl)cn1. The molecule has 0 aliphatic carbocycles. The van der Waals surface area contributed by atoms with Crippen LogP contribution in [-0.2, 0) is 13.5 Å². The van der Waals surface area contributed by atoms with E-state index in [0.29, 0.717) is 22.2 Å². The van der Waals surface area contributed by atoms with Crippen molar-refractivity contribution >= 4 is 23.2 Å².